The molecule has 2 atom stereocenters. The van der Waals surface area contributed by atoms with Gasteiger partial charge in [-0.3, -0.25) is 9.59 Å². The predicted octanol–water partition coefficient (Wildman–Crippen LogP) is 3.39. The maximum atomic E-state index is 15.4. The van der Waals surface area contributed by atoms with Gasteiger partial charge in [0.15, 0.2) is 0 Å². The summed E-state index contributed by atoms with van der Waals surface area (Å²) >= 11 is 0. The minimum Gasteiger partial charge on any atom is -0.369 e. The van der Waals surface area contributed by atoms with Gasteiger partial charge in [-0.15, -0.1) is 0 Å². The summed E-state index contributed by atoms with van der Waals surface area (Å²) in [6, 6.07) is 10.4. The predicted molar refractivity (Wildman–Crippen MR) is 131 cm³/mol. The number of piperidine rings is 1. The summed E-state index contributed by atoms with van der Waals surface area (Å²) in [7, 11) is -3.83. The second kappa shape index (κ2) is 9.89. The lowest BCUT2D eigenvalue weighted by atomic mass is 9.71. The van der Waals surface area contributed by atoms with E-state index in [0.717, 1.165) is 12.1 Å². The van der Waals surface area contributed by atoms with E-state index in [1.54, 1.807) is 31.2 Å². The van der Waals surface area contributed by atoms with Crippen LogP contribution in [0.5, 0.6) is 0 Å². The molecule has 2 aliphatic rings. The van der Waals surface area contributed by atoms with Crippen molar-refractivity contribution in [2.45, 2.75) is 62.8 Å². The minimum atomic E-state index is -3.83. The number of likely N-dealkylation sites (tertiary alicyclic amines) is 1. The number of benzene rings is 2. The zero-order valence-electron chi connectivity index (χ0n) is 20.4. The van der Waals surface area contributed by atoms with Crippen molar-refractivity contribution in [1.29, 1.82) is 0 Å². The van der Waals surface area contributed by atoms with Crippen molar-refractivity contribution in [2.24, 2.45) is 5.73 Å². The number of nitrogens with two attached hydrogens (primary N) is 1. The minimum absolute atomic E-state index is 0.0773. The number of nitrogens with zero attached hydrogens (tertiary/aromatic N) is 2. The zero-order chi connectivity index (χ0) is 26.3. The normalized spacial score (nSPS) is 23.8. The Morgan fingerprint density at radius 1 is 1.06 bits per heavy atom. The molecular formula is C26H31F2N3O4S. The summed E-state index contributed by atoms with van der Waals surface area (Å²) in [4.78, 5) is 25.7. The van der Waals surface area contributed by atoms with Gasteiger partial charge in [0.2, 0.25) is 21.8 Å². The van der Waals surface area contributed by atoms with E-state index < -0.39 is 38.2 Å². The SMILES string of the molecule is CC(=O)N1CCC(C(N)=O)(c2cc(F)c(CN3[C@@H](C)CC[C@H](c4ccccc4)S3(=O)=O)cc2F)CC1. The van der Waals surface area contributed by atoms with Crippen molar-refractivity contribution in [2.75, 3.05) is 13.1 Å². The van der Waals surface area contributed by atoms with Crippen molar-refractivity contribution in [3.8, 4) is 0 Å². The van der Waals surface area contributed by atoms with Crippen LogP contribution < -0.4 is 5.73 Å². The molecule has 0 bridgehead atoms. The molecule has 2 aromatic rings. The molecule has 2 N–H and O–H groups in total. The monoisotopic (exact) mass is 519 g/mol. The molecule has 0 unspecified atom stereocenters. The van der Waals surface area contributed by atoms with E-state index in [0.29, 0.717) is 18.4 Å². The van der Waals surface area contributed by atoms with E-state index in [-0.39, 0.29) is 55.6 Å². The Bertz CT molecular complexity index is 1260. The Morgan fingerprint density at radius 3 is 2.28 bits per heavy atom. The van der Waals surface area contributed by atoms with Gasteiger partial charge in [0.05, 0.1) is 5.41 Å². The number of hydrogen-bond donors (Lipinski definition) is 1. The van der Waals surface area contributed by atoms with E-state index in [1.165, 1.54) is 16.1 Å². The molecule has 2 aliphatic heterocycles. The average molecular weight is 520 g/mol. The van der Waals surface area contributed by atoms with Gasteiger partial charge in [-0.1, -0.05) is 30.3 Å². The van der Waals surface area contributed by atoms with E-state index in [1.807, 2.05) is 6.07 Å². The average Bonchev–Trinajstić information content (AvgIpc) is 2.83. The van der Waals surface area contributed by atoms with Gasteiger partial charge < -0.3 is 10.6 Å². The van der Waals surface area contributed by atoms with E-state index in [4.69, 9.17) is 5.73 Å². The van der Waals surface area contributed by atoms with Crippen molar-refractivity contribution in [1.82, 2.24) is 9.21 Å². The lowest BCUT2D eigenvalue weighted by Gasteiger charge is -2.40. The number of rotatable bonds is 5. The molecule has 2 fully saturated rings. The first-order chi connectivity index (χ1) is 17.0. The van der Waals surface area contributed by atoms with Gasteiger partial charge in [0.25, 0.3) is 0 Å². The number of carbonyl (C=O) groups excluding carboxylic acids is 2. The molecule has 2 saturated heterocycles. The largest absolute Gasteiger partial charge is 0.369 e. The first kappa shape index (κ1) is 26.2. The number of sulfonamides is 1. The van der Waals surface area contributed by atoms with E-state index in [2.05, 4.69) is 0 Å². The lowest BCUT2D eigenvalue weighted by molar-refractivity contribution is -0.134. The molecule has 4 rings (SSSR count). The molecule has 194 valence electrons. The highest BCUT2D eigenvalue weighted by Crippen LogP contribution is 2.40. The number of primary amides is 1. The van der Waals surface area contributed by atoms with E-state index in [9.17, 15) is 18.0 Å². The van der Waals surface area contributed by atoms with Crippen LogP contribution in [0.3, 0.4) is 0 Å². The molecule has 10 heteroatoms. The fourth-order valence-corrected chi connectivity index (χ4v) is 7.64. The maximum Gasteiger partial charge on any atom is 0.228 e. The quantitative estimate of drug-likeness (QED) is 0.655. The Balaban J connectivity index is 1.65. The standard InChI is InChI=1S/C26H31F2N3O4S/c1-17-8-9-24(19-6-4-3-5-7-19)36(34,35)31(17)16-20-14-23(28)21(15-22(20)27)26(25(29)33)10-12-30(13-11-26)18(2)32/h3-7,14-15,17,24H,8-13,16H2,1-2H3,(H2,29,33)/t17-,24+/m0/s1. The van der Waals surface area contributed by atoms with Crippen LogP contribution in [-0.2, 0) is 31.6 Å². The smallest absolute Gasteiger partial charge is 0.228 e. The molecule has 0 saturated carbocycles. The van der Waals surface area contributed by atoms with Crippen LogP contribution in [0, 0.1) is 11.6 Å². The summed E-state index contributed by atoms with van der Waals surface area (Å²) in [5, 5.41) is -0.758. The molecule has 0 aromatic heterocycles. The Kier molecular flexibility index (Phi) is 7.21. The molecule has 2 aromatic carbocycles. The lowest BCUT2D eigenvalue weighted by Crippen LogP contribution is -2.51. The molecule has 0 aliphatic carbocycles. The first-order valence-corrected chi connectivity index (χ1v) is 13.6. The summed E-state index contributed by atoms with van der Waals surface area (Å²) < 4.78 is 59.0. The first-order valence-electron chi connectivity index (χ1n) is 12.1. The van der Waals surface area contributed by atoms with Crippen LogP contribution in [0.25, 0.3) is 0 Å². The highest BCUT2D eigenvalue weighted by Gasteiger charge is 2.45. The highest BCUT2D eigenvalue weighted by molar-refractivity contribution is 7.89. The molecule has 7 nitrogen and oxygen atoms in total. The maximum absolute atomic E-state index is 15.4. The second-order valence-electron chi connectivity index (χ2n) is 9.79. The molecule has 2 amide bonds. The Labute approximate surface area is 210 Å². The second-order valence-corrected chi connectivity index (χ2v) is 11.9. The van der Waals surface area contributed by atoms with Crippen molar-refractivity contribution in [3.05, 3.63) is 70.8 Å². The van der Waals surface area contributed by atoms with Gasteiger partial charge in [-0.2, -0.15) is 4.31 Å². The number of carbonyl (C=O) groups is 2. The fourth-order valence-electron chi connectivity index (χ4n) is 5.45. The van der Waals surface area contributed by atoms with Crippen LogP contribution in [0.15, 0.2) is 42.5 Å². The molecule has 36 heavy (non-hydrogen) atoms. The topological polar surface area (TPSA) is 101 Å². The van der Waals surface area contributed by atoms with Gasteiger partial charge in [-0.25, -0.2) is 17.2 Å². The van der Waals surface area contributed by atoms with Crippen LogP contribution in [0.4, 0.5) is 8.78 Å². The summed E-state index contributed by atoms with van der Waals surface area (Å²) in [5.41, 5.74) is 4.62. The molecule has 2 heterocycles. The highest BCUT2D eigenvalue weighted by atomic mass is 32.2. The third-order valence-corrected chi connectivity index (χ3v) is 10.1. The zero-order valence-corrected chi connectivity index (χ0v) is 21.2. The van der Waals surface area contributed by atoms with Crippen LogP contribution in [0.2, 0.25) is 0 Å². The Hall–Kier alpha value is -2.85. The van der Waals surface area contributed by atoms with Gasteiger partial charge >= 0.3 is 0 Å². The van der Waals surface area contributed by atoms with Crippen molar-refractivity contribution < 1.29 is 26.8 Å². The summed E-state index contributed by atoms with van der Waals surface area (Å²) in [5.74, 6) is -2.57. The van der Waals surface area contributed by atoms with E-state index >= 15 is 8.78 Å². The van der Waals surface area contributed by atoms with Gasteiger partial charge in [0.1, 0.15) is 16.9 Å². The summed E-state index contributed by atoms with van der Waals surface area (Å²) in [6.45, 7) is 3.24. The third-order valence-electron chi connectivity index (χ3n) is 7.71. The number of amides is 2. The molecule has 0 spiro atoms. The number of halogens is 2. The van der Waals surface area contributed by atoms with Crippen LogP contribution in [0.1, 0.15) is 61.5 Å². The van der Waals surface area contributed by atoms with Crippen LogP contribution in [-0.4, -0.2) is 48.6 Å². The summed E-state index contributed by atoms with van der Waals surface area (Å²) in [6.07, 6.45) is 1.18. The fraction of sp³-hybridized carbons (Fsp3) is 0.462. The molecular weight excluding hydrogens is 488 g/mol. The van der Waals surface area contributed by atoms with Crippen molar-refractivity contribution >= 4 is 21.8 Å². The van der Waals surface area contributed by atoms with Gasteiger partial charge in [0, 0.05) is 43.7 Å². The van der Waals surface area contributed by atoms with Crippen molar-refractivity contribution in [3.63, 3.8) is 0 Å². The van der Waals surface area contributed by atoms with Gasteiger partial charge in [-0.05, 0) is 50.3 Å². The van der Waals surface area contributed by atoms with Crippen LogP contribution >= 0.6 is 0 Å². The molecule has 0 radical (unpaired) electrons. The third kappa shape index (κ3) is 4.64. The Morgan fingerprint density at radius 2 is 1.69 bits per heavy atom. The number of hydrogen-bond acceptors (Lipinski definition) is 4.